The Kier molecular flexibility index (Phi) is 7.19. The minimum Gasteiger partial charge on any atom is -0.508 e. The molecule has 1 amide bonds. The highest BCUT2D eigenvalue weighted by atomic mass is 32.2. The summed E-state index contributed by atoms with van der Waals surface area (Å²) in [6.07, 6.45) is 1.02. The predicted molar refractivity (Wildman–Crippen MR) is 119 cm³/mol. The second kappa shape index (κ2) is 10.0. The molecule has 0 aliphatic carbocycles. The Labute approximate surface area is 183 Å². The maximum Gasteiger partial charge on any atom is 0.344 e. The van der Waals surface area contributed by atoms with Crippen LogP contribution in [0.25, 0.3) is 6.08 Å². The number of ether oxygens (including phenoxy) is 2. The number of aromatic hydroxyl groups is 1. The average molecular weight is 442 g/mol. The Balaban J connectivity index is 1.83. The minimum atomic E-state index is -1.05. The normalized spacial score (nSPS) is 16.9. The van der Waals surface area contributed by atoms with Crippen molar-refractivity contribution in [2.75, 3.05) is 6.61 Å². The quantitative estimate of drug-likeness (QED) is 0.530. The van der Waals surface area contributed by atoms with E-state index in [1.807, 2.05) is 6.92 Å². The van der Waals surface area contributed by atoms with Crippen LogP contribution in [-0.4, -0.2) is 40.0 Å². The van der Waals surface area contributed by atoms with Crippen LogP contribution in [0.1, 0.15) is 25.8 Å². The third kappa shape index (κ3) is 5.79. The van der Waals surface area contributed by atoms with Gasteiger partial charge in [-0.2, -0.15) is 0 Å². The topological polar surface area (TPSA) is 117 Å². The molecule has 2 aromatic rings. The van der Waals surface area contributed by atoms with Crippen molar-refractivity contribution < 1.29 is 29.3 Å². The van der Waals surface area contributed by atoms with Gasteiger partial charge in [-0.05, 0) is 61.0 Å². The number of nitrogens with zero attached hydrogens (tertiary/aromatic N) is 1. The molecule has 0 aromatic heterocycles. The highest BCUT2D eigenvalue weighted by molar-refractivity contribution is 8.18. The zero-order chi connectivity index (χ0) is 22.4. The maximum atomic E-state index is 12.3. The Bertz CT molecular complexity index is 1050. The summed E-state index contributed by atoms with van der Waals surface area (Å²) in [6.45, 7) is 3.91. The summed E-state index contributed by atoms with van der Waals surface area (Å²) >= 11 is 1.17. The predicted octanol–water partition coefficient (Wildman–Crippen LogP) is 3.92. The molecular weight excluding hydrogens is 420 g/mol. The Morgan fingerprint density at radius 3 is 2.71 bits per heavy atom. The SMILES string of the molecule is CCOc1cc(/C=C2/SC(=Nc3cccc(O)c3)NC2=O)ccc1OC(CC)C(=O)O. The molecule has 1 aliphatic heterocycles. The number of nitrogens with one attached hydrogen (secondary N) is 1. The molecule has 0 bridgehead atoms. The number of carboxylic acids is 1. The number of thioether (sulfide) groups is 1. The standard InChI is InChI=1S/C22H22N2O6S/c1-3-16(21(27)28)30-17-9-8-13(10-18(17)29-4-2)11-19-20(26)24-22(31-19)23-14-6-5-7-15(25)12-14/h5-12,16,25H,3-4H2,1-2H3,(H,27,28)(H,23,24,26)/b19-11+. The lowest BCUT2D eigenvalue weighted by molar-refractivity contribution is -0.145. The highest BCUT2D eigenvalue weighted by Gasteiger charge is 2.24. The molecule has 0 radical (unpaired) electrons. The number of rotatable bonds is 8. The summed E-state index contributed by atoms with van der Waals surface area (Å²) in [5.74, 6) is -0.528. The maximum absolute atomic E-state index is 12.3. The van der Waals surface area contributed by atoms with Gasteiger partial charge < -0.3 is 25.0 Å². The lowest BCUT2D eigenvalue weighted by atomic mass is 10.1. The van der Waals surface area contributed by atoms with E-state index < -0.39 is 12.1 Å². The van der Waals surface area contributed by atoms with Crippen LogP contribution in [0.3, 0.4) is 0 Å². The number of carbonyl (C=O) groups is 2. The van der Waals surface area contributed by atoms with Crippen LogP contribution in [0.4, 0.5) is 5.69 Å². The molecule has 1 aliphatic rings. The number of amides is 1. The molecule has 0 saturated carbocycles. The second-order valence-corrected chi connectivity index (χ2v) is 7.52. The molecule has 1 unspecified atom stereocenters. The van der Waals surface area contributed by atoms with E-state index >= 15 is 0 Å². The van der Waals surface area contributed by atoms with E-state index in [4.69, 9.17) is 9.47 Å². The van der Waals surface area contributed by atoms with Crippen molar-refractivity contribution in [3.05, 3.63) is 52.9 Å². The summed E-state index contributed by atoms with van der Waals surface area (Å²) in [7, 11) is 0. The Hall–Kier alpha value is -3.46. The number of hydrogen-bond donors (Lipinski definition) is 3. The number of aliphatic imine (C=N–C) groups is 1. The highest BCUT2D eigenvalue weighted by Crippen LogP contribution is 2.33. The third-order valence-corrected chi connectivity index (χ3v) is 5.10. The van der Waals surface area contributed by atoms with Crippen LogP contribution >= 0.6 is 11.8 Å². The van der Waals surface area contributed by atoms with Crippen molar-refractivity contribution in [3.8, 4) is 17.2 Å². The molecule has 3 rings (SSSR count). The molecule has 162 valence electrons. The molecule has 0 spiro atoms. The minimum absolute atomic E-state index is 0.0888. The molecule has 1 saturated heterocycles. The third-order valence-electron chi connectivity index (χ3n) is 4.19. The summed E-state index contributed by atoms with van der Waals surface area (Å²) in [4.78, 5) is 28.4. The van der Waals surface area contributed by atoms with Crippen LogP contribution in [0, 0.1) is 0 Å². The summed E-state index contributed by atoms with van der Waals surface area (Å²) in [5, 5.41) is 21.9. The van der Waals surface area contributed by atoms with Gasteiger partial charge in [-0.15, -0.1) is 0 Å². The monoisotopic (exact) mass is 442 g/mol. The molecule has 2 aromatic carbocycles. The van der Waals surface area contributed by atoms with E-state index in [1.54, 1.807) is 43.3 Å². The summed E-state index contributed by atoms with van der Waals surface area (Å²) < 4.78 is 11.2. The number of amidine groups is 1. The second-order valence-electron chi connectivity index (χ2n) is 6.49. The fourth-order valence-electron chi connectivity index (χ4n) is 2.75. The van der Waals surface area contributed by atoms with E-state index in [2.05, 4.69) is 10.3 Å². The number of hydrogen-bond acceptors (Lipinski definition) is 7. The van der Waals surface area contributed by atoms with E-state index in [0.29, 0.717) is 45.9 Å². The van der Waals surface area contributed by atoms with Crippen LogP contribution in [0.5, 0.6) is 17.2 Å². The smallest absolute Gasteiger partial charge is 0.344 e. The zero-order valence-corrected chi connectivity index (χ0v) is 17.8. The van der Waals surface area contributed by atoms with Gasteiger partial charge in [0.05, 0.1) is 17.2 Å². The molecule has 31 heavy (non-hydrogen) atoms. The van der Waals surface area contributed by atoms with Gasteiger partial charge in [0.15, 0.2) is 22.8 Å². The van der Waals surface area contributed by atoms with Crippen molar-refractivity contribution in [1.82, 2.24) is 5.32 Å². The molecule has 1 atom stereocenters. The van der Waals surface area contributed by atoms with Crippen LogP contribution < -0.4 is 14.8 Å². The number of carbonyl (C=O) groups excluding carboxylic acids is 1. The van der Waals surface area contributed by atoms with Gasteiger partial charge in [0.1, 0.15) is 5.75 Å². The fraction of sp³-hybridized carbons (Fsp3) is 0.227. The van der Waals surface area contributed by atoms with E-state index in [-0.39, 0.29) is 11.7 Å². The van der Waals surface area contributed by atoms with Crippen LogP contribution in [0.2, 0.25) is 0 Å². The van der Waals surface area contributed by atoms with Gasteiger partial charge in [-0.1, -0.05) is 19.1 Å². The first kappa shape index (κ1) is 22.2. The number of carboxylic acid groups (broad SMARTS) is 1. The van der Waals surface area contributed by atoms with Crippen LogP contribution in [0.15, 0.2) is 52.4 Å². The zero-order valence-electron chi connectivity index (χ0n) is 17.0. The van der Waals surface area contributed by atoms with Gasteiger partial charge in [0.25, 0.3) is 5.91 Å². The molecule has 3 N–H and O–H groups in total. The first-order chi connectivity index (χ1) is 14.9. The Morgan fingerprint density at radius 2 is 2.03 bits per heavy atom. The van der Waals surface area contributed by atoms with Crippen molar-refractivity contribution in [3.63, 3.8) is 0 Å². The Morgan fingerprint density at radius 1 is 1.23 bits per heavy atom. The van der Waals surface area contributed by atoms with Crippen molar-refractivity contribution in [2.24, 2.45) is 4.99 Å². The van der Waals surface area contributed by atoms with Crippen molar-refractivity contribution in [2.45, 2.75) is 26.4 Å². The number of aliphatic carboxylic acids is 1. The van der Waals surface area contributed by atoms with Crippen molar-refractivity contribution >= 4 is 40.6 Å². The molecule has 9 heteroatoms. The first-order valence-corrected chi connectivity index (χ1v) is 10.5. The summed E-state index contributed by atoms with van der Waals surface area (Å²) in [6, 6.07) is 11.5. The van der Waals surface area contributed by atoms with E-state index in [9.17, 15) is 19.8 Å². The van der Waals surface area contributed by atoms with Gasteiger partial charge in [-0.25, -0.2) is 9.79 Å². The molecular formula is C22H22N2O6S. The average Bonchev–Trinajstić information content (AvgIpc) is 3.06. The van der Waals surface area contributed by atoms with Gasteiger partial charge in [-0.3, -0.25) is 4.79 Å². The molecule has 8 nitrogen and oxygen atoms in total. The molecule has 1 heterocycles. The van der Waals surface area contributed by atoms with E-state index in [1.165, 1.54) is 23.9 Å². The fourth-order valence-corrected chi connectivity index (χ4v) is 3.60. The lowest BCUT2D eigenvalue weighted by Gasteiger charge is -2.16. The van der Waals surface area contributed by atoms with E-state index in [0.717, 1.165) is 0 Å². The number of phenols is 1. The molecule has 1 fully saturated rings. The summed E-state index contributed by atoms with van der Waals surface area (Å²) in [5.41, 5.74) is 1.21. The van der Waals surface area contributed by atoms with Gasteiger partial charge in [0.2, 0.25) is 0 Å². The van der Waals surface area contributed by atoms with Crippen LogP contribution in [-0.2, 0) is 9.59 Å². The number of phenolic OH excluding ortho intramolecular Hbond substituents is 1. The number of benzene rings is 2. The van der Waals surface area contributed by atoms with Crippen molar-refractivity contribution in [1.29, 1.82) is 0 Å². The largest absolute Gasteiger partial charge is 0.508 e. The lowest BCUT2D eigenvalue weighted by Crippen LogP contribution is -2.26. The first-order valence-electron chi connectivity index (χ1n) is 9.64. The van der Waals surface area contributed by atoms with Gasteiger partial charge >= 0.3 is 5.97 Å². The van der Waals surface area contributed by atoms with Gasteiger partial charge in [0, 0.05) is 6.07 Å².